The molecule has 0 saturated carbocycles. The van der Waals surface area contributed by atoms with Crippen LogP contribution in [0.3, 0.4) is 0 Å². The summed E-state index contributed by atoms with van der Waals surface area (Å²) in [5.41, 5.74) is 0.879. The summed E-state index contributed by atoms with van der Waals surface area (Å²) in [7, 11) is -4.24. The van der Waals surface area contributed by atoms with Gasteiger partial charge < -0.3 is 15.0 Å². The van der Waals surface area contributed by atoms with Crippen LogP contribution in [-0.2, 0) is 26.2 Å². The number of amides is 2. The lowest BCUT2D eigenvalue weighted by molar-refractivity contribution is -0.140. The van der Waals surface area contributed by atoms with Gasteiger partial charge in [-0.15, -0.1) is 0 Å². The second-order valence-corrected chi connectivity index (χ2v) is 13.3. The molecule has 2 amide bonds. The van der Waals surface area contributed by atoms with Gasteiger partial charge in [0.25, 0.3) is 10.0 Å². The van der Waals surface area contributed by atoms with Gasteiger partial charge in [0, 0.05) is 18.1 Å². The number of sulfonamides is 1. The van der Waals surface area contributed by atoms with Crippen LogP contribution in [0.2, 0.25) is 15.1 Å². The summed E-state index contributed by atoms with van der Waals surface area (Å²) in [6.07, 6.45) is 0.296. The van der Waals surface area contributed by atoms with E-state index in [1.54, 1.807) is 49.4 Å². The molecule has 0 bridgehead atoms. The van der Waals surface area contributed by atoms with Gasteiger partial charge in [0.1, 0.15) is 18.3 Å². The number of anilines is 1. The molecule has 232 valence electrons. The van der Waals surface area contributed by atoms with Crippen molar-refractivity contribution in [2.75, 3.05) is 24.0 Å². The van der Waals surface area contributed by atoms with Crippen LogP contribution in [-0.4, -0.2) is 50.9 Å². The van der Waals surface area contributed by atoms with Crippen molar-refractivity contribution >= 4 is 62.3 Å². The van der Waals surface area contributed by atoms with Gasteiger partial charge in [-0.05, 0) is 85.5 Å². The normalized spacial score (nSPS) is 12.1. The van der Waals surface area contributed by atoms with Crippen LogP contribution in [0.4, 0.5) is 5.69 Å². The van der Waals surface area contributed by atoms with Crippen molar-refractivity contribution in [3.63, 3.8) is 0 Å². The Hall–Kier alpha value is -2.98. The van der Waals surface area contributed by atoms with E-state index in [1.165, 1.54) is 29.2 Å². The Morgan fingerprint density at radius 2 is 1.56 bits per heavy atom. The van der Waals surface area contributed by atoms with Crippen LogP contribution in [0, 0.1) is 5.92 Å². The largest absolute Gasteiger partial charge is 0.494 e. The van der Waals surface area contributed by atoms with E-state index in [1.807, 2.05) is 20.8 Å². The first-order valence-corrected chi connectivity index (χ1v) is 16.5. The van der Waals surface area contributed by atoms with Gasteiger partial charge in [0.15, 0.2) is 0 Å². The Kier molecular flexibility index (Phi) is 12.6. The van der Waals surface area contributed by atoms with Crippen LogP contribution in [0.1, 0.15) is 39.7 Å². The number of nitrogens with one attached hydrogen (secondary N) is 1. The molecule has 3 rings (SSSR count). The number of benzene rings is 3. The molecule has 0 saturated heterocycles. The van der Waals surface area contributed by atoms with E-state index in [-0.39, 0.29) is 29.0 Å². The molecule has 0 heterocycles. The number of rotatable bonds is 14. The lowest BCUT2D eigenvalue weighted by atomic mass is 10.1. The number of nitrogens with zero attached hydrogens (tertiary/aromatic N) is 2. The molecule has 12 heteroatoms. The van der Waals surface area contributed by atoms with Crippen molar-refractivity contribution < 1.29 is 22.7 Å². The van der Waals surface area contributed by atoms with E-state index in [9.17, 15) is 18.0 Å². The number of hydrogen-bond donors (Lipinski definition) is 1. The maximum atomic E-state index is 14.2. The monoisotopic (exact) mass is 667 g/mol. The third kappa shape index (κ3) is 9.25. The Bertz CT molecular complexity index is 1500. The summed E-state index contributed by atoms with van der Waals surface area (Å²) >= 11 is 18.4. The number of ether oxygens (including phenoxy) is 1. The van der Waals surface area contributed by atoms with Gasteiger partial charge in [0.05, 0.1) is 27.2 Å². The van der Waals surface area contributed by atoms with Gasteiger partial charge in [-0.2, -0.15) is 0 Å². The molecule has 0 radical (unpaired) electrons. The molecule has 3 aromatic carbocycles. The maximum absolute atomic E-state index is 14.2. The molecular weight excluding hydrogens is 633 g/mol. The lowest BCUT2D eigenvalue weighted by Gasteiger charge is -2.33. The van der Waals surface area contributed by atoms with Crippen molar-refractivity contribution in [1.29, 1.82) is 0 Å². The predicted molar refractivity (Wildman–Crippen MR) is 173 cm³/mol. The lowest BCUT2D eigenvalue weighted by Crippen LogP contribution is -2.52. The molecule has 43 heavy (non-hydrogen) atoms. The molecule has 0 aromatic heterocycles. The SMILES string of the molecule is CCOc1ccc(N(CC(=O)N(Cc2ccc(Cl)c(Cl)c2)[C@@H](CC)C(=O)NCC(C)C)S(=O)(=O)c2ccc(Cl)cc2)cc1. The van der Waals surface area contributed by atoms with Crippen LogP contribution in [0.5, 0.6) is 5.75 Å². The Labute approximate surface area is 268 Å². The molecule has 0 aliphatic heterocycles. The molecule has 0 aliphatic rings. The third-order valence-electron chi connectivity index (χ3n) is 6.52. The average molecular weight is 669 g/mol. The van der Waals surface area contributed by atoms with E-state index in [0.29, 0.717) is 46.0 Å². The Morgan fingerprint density at radius 1 is 0.907 bits per heavy atom. The van der Waals surface area contributed by atoms with Crippen molar-refractivity contribution in [2.24, 2.45) is 5.92 Å². The number of halogens is 3. The fourth-order valence-electron chi connectivity index (χ4n) is 4.31. The van der Waals surface area contributed by atoms with Crippen molar-refractivity contribution in [3.8, 4) is 5.75 Å². The number of carbonyl (C=O) groups excluding carboxylic acids is 2. The summed E-state index contributed by atoms with van der Waals surface area (Å²) < 4.78 is 34.5. The van der Waals surface area contributed by atoms with E-state index in [4.69, 9.17) is 39.5 Å². The molecule has 0 aliphatic carbocycles. The fourth-order valence-corrected chi connectivity index (χ4v) is 6.18. The van der Waals surface area contributed by atoms with Crippen LogP contribution in [0.25, 0.3) is 0 Å². The zero-order valence-corrected chi connectivity index (χ0v) is 27.6. The van der Waals surface area contributed by atoms with Gasteiger partial charge in [-0.1, -0.05) is 61.6 Å². The average Bonchev–Trinajstić information content (AvgIpc) is 2.97. The fraction of sp³-hybridized carbons (Fsp3) is 0.355. The highest BCUT2D eigenvalue weighted by Crippen LogP contribution is 2.28. The quantitative estimate of drug-likeness (QED) is 0.203. The molecule has 3 aromatic rings. The van der Waals surface area contributed by atoms with Crippen molar-refractivity contribution in [2.45, 2.75) is 51.6 Å². The minimum absolute atomic E-state index is 0.00143. The highest BCUT2D eigenvalue weighted by molar-refractivity contribution is 7.92. The van der Waals surface area contributed by atoms with Gasteiger partial charge in [-0.25, -0.2) is 8.42 Å². The molecular formula is C31H36Cl3N3O5S. The Morgan fingerprint density at radius 3 is 2.12 bits per heavy atom. The number of hydrogen-bond acceptors (Lipinski definition) is 5. The second kappa shape index (κ2) is 15.7. The molecule has 8 nitrogen and oxygen atoms in total. The van der Waals surface area contributed by atoms with Crippen molar-refractivity contribution in [3.05, 3.63) is 87.4 Å². The van der Waals surface area contributed by atoms with E-state index >= 15 is 0 Å². The second-order valence-electron chi connectivity index (χ2n) is 10.2. The van der Waals surface area contributed by atoms with E-state index < -0.39 is 28.5 Å². The Balaban J connectivity index is 2.06. The smallest absolute Gasteiger partial charge is 0.264 e. The van der Waals surface area contributed by atoms with Crippen LogP contribution >= 0.6 is 34.8 Å². The standard InChI is InChI=1S/C31H36Cl3N3O5S/c1-5-29(31(39)35-18-21(3)4)36(19-22-7-16-27(33)28(34)17-22)30(38)20-37(24-10-12-25(13-11-24)42-6-2)43(40,41)26-14-8-23(32)9-15-26/h7-17,21,29H,5-6,18-20H2,1-4H3,(H,35,39)/t29-/m0/s1. The minimum atomic E-state index is -4.24. The van der Waals surface area contributed by atoms with Gasteiger partial charge in [-0.3, -0.25) is 13.9 Å². The summed E-state index contributed by atoms with van der Waals surface area (Å²) in [5, 5.41) is 3.91. The van der Waals surface area contributed by atoms with Crippen LogP contribution in [0.15, 0.2) is 71.6 Å². The summed E-state index contributed by atoms with van der Waals surface area (Å²) in [6.45, 7) is 7.86. The summed E-state index contributed by atoms with van der Waals surface area (Å²) in [5.74, 6) is -0.169. The zero-order valence-electron chi connectivity index (χ0n) is 24.5. The first-order chi connectivity index (χ1) is 20.4. The molecule has 1 atom stereocenters. The highest BCUT2D eigenvalue weighted by Gasteiger charge is 2.34. The first kappa shape index (κ1) is 34.5. The van der Waals surface area contributed by atoms with E-state index in [0.717, 1.165) is 4.31 Å². The van der Waals surface area contributed by atoms with Crippen LogP contribution < -0.4 is 14.4 Å². The molecule has 1 N–H and O–H groups in total. The minimum Gasteiger partial charge on any atom is -0.494 e. The van der Waals surface area contributed by atoms with Gasteiger partial charge in [0.2, 0.25) is 11.8 Å². The zero-order chi connectivity index (χ0) is 31.7. The highest BCUT2D eigenvalue weighted by atomic mass is 35.5. The molecule has 0 spiro atoms. The first-order valence-electron chi connectivity index (χ1n) is 13.9. The summed E-state index contributed by atoms with van der Waals surface area (Å²) in [6, 6.07) is 16.2. The molecule has 0 fully saturated rings. The third-order valence-corrected chi connectivity index (χ3v) is 9.30. The number of carbonyl (C=O) groups is 2. The maximum Gasteiger partial charge on any atom is 0.264 e. The predicted octanol–water partition coefficient (Wildman–Crippen LogP) is 6.82. The topological polar surface area (TPSA) is 96.0 Å². The van der Waals surface area contributed by atoms with E-state index in [2.05, 4.69) is 5.32 Å². The summed E-state index contributed by atoms with van der Waals surface area (Å²) in [4.78, 5) is 28.8. The van der Waals surface area contributed by atoms with Gasteiger partial charge >= 0.3 is 0 Å². The van der Waals surface area contributed by atoms with Crippen molar-refractivity contribution in [1.82, 2.24) is 10.2 Å². The molecule has 0 unspecified atom stereocenters.